The Morgan fingerprint density at radius 3 is 2.50 bits per heavy atom. The second-order valence-electron chi connectivity index (χ2n) is 5.12. The molecule has 1 fully saturated rings. The van der Waals surface area contributed by atoms with Crippen molar-refractivity contribution in [1.82, 2.24) is 0 Å². The Bertz CT molecular complexity index is 511. The van der Waals surface area contributed by atoms with Crippen LogP contribution in [0.3, 0.4) is 0 Å². The predicted molar refractivity (Wildman–Crippen MR) is 73.2 cm³/mol. The molecule has 0 radical (unpaired) electrons. The van der Waals surface area contributed by atoms with E-state index in [9.17, 15) is 9.90 Å². The molecule has 0 unspecified atom stereocenters. The number of aliphatic hydroxyl groups excluding tert-OH is 1. The number of hydrogen-bond acceptors (Lipinski definition) is 5. The van der Waals surface area contributed by atoms with E-state index in [2.05, 4.69) is 0 Å². The monoisotopic (exact) mass is 280 g/mol. The van der Waals surface area contributed by atoms with Crippen LogP contribution in [0.25, 0.3) is 0 Å². The lowest BCUT2D eigenvalue weighted by atomic mass is 9.80. The van der Waals surface area contributed by atoms with Crippen LogP contribution in [-0.4, -0.2) is 38.0 Å². The Kier molecular flexibility index (Phi) is 4.18. The van der Waals surface area contributed by atoms with Gasteiger partial charge in [-0.05, 0) is 12.5 Å². The largest absolute Gasteiger partial charge is 0.493 e. The number of aryl methyl sites for hydroxylation is 1. The van der Waals surface area contributed by atoms with Gasteiger partial charge in [-0.25, -0.2) is 4.79 Å². The van der Waals surface area contributed by atoms with E-state index >= 15 is 0 Å². The first-order valence-corrected chi connectivity index (χ1v) is 6.57. The first kappa shape index (κ1) is 14.7. The van der Waals surface area contributed by atoms with Gasteiger partial charge in [-0.2, -0.15) is 0 Å². The molecule has 0 spiro atoms. The summed E-state index contributed by atoms with van der Waals surface area (Å²) in [7, 11) is 3.13. The molecule has 1 heterocycles. The van der Waals surface area contributed by atoms with E-state index < -0.39 is 12.1 Å². The third kappa shape index (κ3) is 2.33. The molecule has 1 aliphatic rings. The third-order valence-corrected chi connectivity index (χ3v) is 3.79. The van der Waals surface area contributed by atoms with E-state index in [1.165, 1.54) is 0 Å². The zero-order chi connectivity index (χ0) is 14.9. The molecular formula is C15H20O5. The maximum atomic E-state index is 11.6. The molecule has 1 aromatic rings. The van der Waals surface area contributed by atoms with Gasteiger partial charge in [0, 0.05) is 17.4 Å². The van der Waals surface area contributed by atoms with Gasteiger partial charge in [0.25, 0.3) is 0 Å². The molecule has 110 valence electrons. The lowest BCUT2D eigenvalue weighted by Gasteiger charge is -2.33. The Labute approximate surface area is 118 Å². The van der Waals surface area contributed by atoms with Gasteiger partial charge in [-0.3, -0.25) is 0 Å². The molecule has 5 nitrogen and oxygen atoms in total. The van der Waals surface area contributed by atoms with Crippen LogP contribution >= 0.6 is 0 Å². The summed E-state index contributed by atoms with van der Waals surface area (Å²) in [6.45, 7) is 4.14. The highest BCUT2D eigenvalue weighted by Crippen LogP contribution is 2.43. The first-order valence-electron chi connectivity index (χ1n) is 6.57. The summed E-state index contributed by atoms with van der Waals surface area (Å²) in [5.74, 6) is 0.251. The molecule has 0 aliphatic carbocycles. The van der Waals surface area contributed by atoms with Gasteiger partial charge in [0.05, 0.1) is 20.8 Å². The first-order chi connectivity index (χ1) is 9.51. The van der Waals surface area contributed by atoms with Crippen LogP contribution in [0.2, 0.25) is 0 Å². The Morgan fingerprint density at radius 1 is 1.25 bits per heavy atom. The van der Waals surface area contributed by atoms with Crippen molar-refractivity contribution in [2.45, 2.75) is 25.9 Å². The number of benzene rings is 1. The van der Waals surface area contributed by atoms with Crippen LogP contribution in [0.15, 0.2) is 12.1 Å². The van der Waals surface area contributed by atoms with Crippen molar-refractivity contribution in [3.63, 3.8) is 0 Å². The van der Waals surface area contributed by atoms with Crippen molar-refractivity contribution in [2.24, 2.45) is 5.92 Å². The van der Waals surface area contributed by atoms with Crippen LogP contribution in [0.5, 0.6) is 11.5 Å². The molecule has 1 N–H and O–H groups in total. The van der Waals surface area contributed by atoms with Crippen LogP contribution < -0.4 is 9.47 Å². The normalized spacial score (nSPS) is 26.1. The van der Waals surface area contributed by atoms with Crippen molar-refractivity contribution in [3.8, 4) is 11.5 Å². The lowest BCUT2D eigenvalue weighted by Crippen LogP contribution is -2.41. The highest BCUT2D eigenvalue weighted by atomic mass is 16.5. The molecule has 0 bridgehead atoms. The number of carbonyl (C=O) groups excluding carboxylic acids is 1. The molecule has 5 heteroatoms. The van der Waals surface area contributed by atoms with Crippen molar-refractivity contribution < 1.29 is 24.1 Å². The zero-order valence-corrected chi connectivity index (χ0v) is 12.2. The molecule has 0 aromatic heterocycles. The number of hydrogen-bond donors (Lipinski definition) is 1. The average molecular weight is 280 g/mol. The summed E-state index contributed by atoms with van der Waals surface area (Å²) in [6.07, 6.45) is -1.18. The molecule has 2 rings (SSSR count). The van der Waals surface area contributed by atoms with Gasteiger partial charge < -0.3 is 19.3 Å². The maximum absolute atomic E-state index is 11.6. The minimum absolute atomic E-state index is 0.00372. The number of carbonyl (C=O) groups is 1. The number of ether oxygens (including phenoxy) is 3. The van der Waals surface area contributed by atoms with Crippen molar-refractivity contribution in [3.05, 3.63) is 23.3 Å². The van der Waals surface area contributed by atoms with Crippen LogP contribution in [0, 0.1) is 12.8 Å². The Hall–Kier alpha value is -1.75. The second kappa shape index (κ2) is 5.71. The number of esters is 1. The number of aliphatic hydroxyl groups is 1. The molecule has 1 aromatic carbocycles. The summed E-state index contributed by atoms with van der Waals surface area (Å²) < 4.78 is 15.8. The summed E-state index contributed by atoms with van der Waals surface area (Å²) in [5, 5.41) is 10.1. The summed E-state index contributed by atoms with van der Waals surface area (Å²) >= 11 is 0. The van der Waals surface area contributed by atoms with Crippen molar-refractivity contribution in [1.29, 1.82) is 0 Å². The molecule has 1 saturated heterocycles. The van der Waals surface area contributed by atoms with E-state index in [0.717, 1.165) is 11.1 Å². The summed E-state index contributed by atoms with van der Waals surface area (Å²) in [5.41, 5.74) is 1.71. The van der Waals surface area contributed by atoms with Gasteiger partial charge in [-0.1, -0.05) is 19.1 Å². The fourth-order valence-electron chi connectivity index (χ4n) is 2.74. The van der Waals surface area contributed by atoms with Gasteiger partial charge in [0.1, 0.15) is 0 Å². The number of cyclic esters (lactones) is 1. The molecule has 1 aliphatic heterocycles. The third-order valence-electron chi connectivity index (χ3n) is 3.79. The number of rotatable bonds is 3. The minimum Gasteiger partial charge on any atom is -0.493 e. The number of methoxy groups -OCH3 is 2. The van der Waals surface area contributed by atoms with E-state index in [-0.39, 0.29) is 11.8 Å². The summed E-state index contributed by atoms with van der Waals surface area (Å²) in [6, 6.07) is 3.77. The predicted octanol–water partition coefficient (Wildman–Crippen LogP) is 1.65. The van der Waals surface area contributed by atoms with Gasteiger partial charge >= 0.3 is 5.97 Å². The quantitative estimate of drug-likeness (QED) is 0.853. The zero-order valence-electron chi connectivity index (χ0n) is 12.2. The Balaban J connectivity index is 2.53. The smallest absolute Gasteiger partial charge is 0.335 e. The lowest BCUT2D eigenvalue weighted by molar-refractivity contribution is -0.164. The van der Waals surface area contributed by atoms with Gasteiger partial charge in [0.2, 0.25) is 0 Å². The van der Waals surface area contributed by atoms with E-state index in [1.54, 1.807) is 14.2 Å². The van der Waals surface area contributed by atoms with E-state index in [0.29, 0.717) is 18.1 Å². The molecule has 0 amide bonds. The fraction of sp³-hybridized carbons (Fsp3) is 0.533. The SMILES string of the molecule is COc1c(C)ccc([C@@H]2[C@@H](C)COC(=O)[C@@H]2O)c1OC. The van der Waals surface area contributed by atoms with Gasteiger partial charge in [0.15, 0.2) is 17.6 Å². The molecule has 20 heavy (non-hydrogen) atoms. The highest BCUT2D eigenvalue weighted by molar-refractivity contribution is 5.77. The average Bonchev–Trinajstić information content (AvgIpc) is 2.44. The van der Waals surface area contributed by atoms with E-state index in [4.69, 9.17) is 14.2 Å². The maximum Gasteiger partial charge on any atom is 0.335 e. The standard InChI is InChI=1S/C15H20O5/c1-8-5-6-10(14(19-4)13(8)18-3)11-9(2)7-20-15(17)12(11)16/h5-6,9,11-12,16H,7H2,1-4H3/t9-,11-,12+/m0/s1. The second-order valence-corrected chi connectivity index (χ2v) is 5.12. The van der Waals surface area contributed by atoms with Crippen LogP contribution in [0.1, 0.15) is 24.0 Å². The van der Waals surface area contributed by atoms with Crippen molar-refractivity contribution >= 4 is 5.97 Å². The van der Waals surface area contributed by atoms with Crippen LogP contribution in [0.4, 0.5) is 0 Å². The summed E-state index contributed by atoms with van der Waals surface area (Å²) in [4.78, 5) is 11.6. The minimum atomic E-state index is -1.18. The molecule has 3 atom stereocenters. The topological polar surface area (TPSA) is 65.0 Å². The van der Waals surface area contributed by atoms with Gasteiger partial charge in [-0.15, -0.1) is 0 Å². The van der Waals surface area contributed by atoms with E-state index in [1.807, 2.05) is 26.0 Å². The fourth-order valence-corrected chi connectivity index (χ4v) is 2.74. The Morgan fingerprint density at radius 2 is 1.90 bits per heavy atom. The molecular weight excluding hydrogens is 260 g/mol. The molecule has 0 saturated carbocycles. The van der Waals surface area contributed by atoms with Crippen molar-refractivity contribution in [2.75, 3.05) is 20.8 Å². The van der Waals surface area contributed by atoms with Crippen LogP contribution in [-0.2, 0) is 9.53 Å². The highest BCUT2D eigenvalue weighted by Gasteiger charge is 2.40.